The van der Waals surface area contributed by atoms with Gasteiger partial charge < -0.3 is 5.11 Å². The van der Waals surface area contributed by atoms with Crippen molar-refractivity contribution >= 4 is 39.7 Å². The molecule has 2 aromatic rings. The highest BCUT2D eigenvalue weighted by Crippen LogP contribution is 2.30. The van der Waals surface area contributed by atoms with Crippen LogP contribution in [0.2, 0.25) is 5.02 Å². The molecule has 108 valence electrons. The van der Waals surface area contributed by atoms with E-state index in [1.165, 1.54) is 6.21 Å². The van der Waals surface area contributed by atoms with Crippen molar-refractivity contribution in [1.29, 1.82) is 0 Å². The molecule has 21 heavy (non-hydrogen) atoms. The molecule has 0 radical (unpaired) electrons. The van der Waals surface area contributed by atoms with Crippen molar-refractivity contribution < 1.29 is 9.90 Å². The fourth-order valence-electron chi connectivity index (χ4n) is 1.73. The molecule has 0 aliphatic carbocycles. The molecule has 0 heterocycles. The van der Waals surface area contributed by atoms with Crippen LogP contribution in [0.15, 0.2) is 46.0 Å². The summed E-state index contributed by atoms with van der Waals surface area (Å²) in [5.41, 5.74) is 4.22. The number of benzene rings is 2. The van der Waals surface area contributed by atoms with E-state index in [0.29, 0.717) is 20.6 Å². The standard InChI is InChI=1S/C15H12BrClN2O2/c1-9-4-2-3-5-12(9)15(21)19-18-8-10-6-11(17)7-13(16)14(10)20/h2-8,20H,1H3,(H,19,21)/b18-8+. The smallest absolute Gasteiger partial charge is 0.271 e. The van der Waals surface area contributed by atoms with Gasteiger partial charge in [-0.2, -0.15) is 5.10 Å². The van der Waals surface area contributed by atoms with Crippen molar-refractivity contribution in [2.24, 2.45) is 5.10 Å². The third kappa shape index (κ3) is 3.83. The average molecular weight is 368 g/mol. The Bertz CT molecular complexity index is 717. The van der Waals surface area contributed by atoms with E-state index in [-0.39, 0.29) is 11.7 Å². The zero-order valence-electron chi connectivity index (χ0n) is 11.1. The molecule has 2 N–H and O–H groups in total. The number of carbonyl (C=O) groups is 1. The third-order valence-corrected chi connectivity index (χ3v) is 3.64. The van der Waals surface area contributed by atoms with Gasteiger partial charge in [0.2, 0.25) is 0 Å². The number of hydrazone groups is 1. The van der Waals surface area contributed by atoms with E-state index in [1.54, 1.807) is 24.3 Å². The monoisotopic (exact) mass is 366 g/mol. The lowest BCUT2D eigenvalue weighted by Crippen LogP contribution is -2.18. The topological polar surface area (TPSA) is 61.7 Å². The van der Waals surface area contributed by atoms with Crippen molar-refractivity contribution in [3.05, 3.63) is 62.6 Å². The van der Waals surface area contributed by atoms with Gasteiger partial charge in [0, 0.05) is 16.1 Å². The summed E-state index contributed by atoms with van der Waals surface area (Å²) < 4.78 is 0.460. The van der Waals surface area contributed by atoms with Crippen LogP contribution in [0.25, 0.3) is 0 Å². The Balaban J connectivity index is 2.13. The first-order valence-corrected chi connectivity index (χ1v) is 7.23. The Morgan fingerprint density at radius 2 is 2.10 bits per heavy atom. The summed E-state index contributed by atoms with van der Waals surface area (Å²) in [5, 5.41) is 14.1. The first-order valence-electron chi connectivity index (χ1n) is 6.06. The molecule has 4 nitrogen and oxygen atoms in total. The minimum absolute atomic E-state index is 0.00768. The highest BCUT2D eigenvalue weighted by atomic mass is 79.9. The number of nitrogens with one attached hydrogen (secondary N) is 1. The molecule has 6 heteroatoms. The number of halogens is 2. The van der Waals surface area contributed by atoms with Crippen LogP contribution in [-0.4, -0.2) is 17.2 Å². The summed E-state index contributed by atoms with van der Waals surface area (Å²) in [4.78, 5) is 12.0. The lowest BCUT2D eigenvalue weighted by atomic mass is 10.1. The minimum Gasteiger partial charge on any atom is -0.506 e. The largest absolute Gasteiger partial charge is 0.506 e. The van der Waals surface area contributed by atoms with Gasteiger partial charge in [-0.1, -0.05) is 29.8 Å². The molecule has 0 unspecified atom stereocenters. The molecule has 1 amide bonds. The highest BCUT2D eigenvalue weighted by molar-refractivity contribution is 9.10. The van der Waals surface area contributed by atoms with E-state index in [1.807, 2.05) is 19.1 Å². The maximum absolute atomic E-state index is 12.0. The van der Waals surface area contributed by atoms with Crippen molar-refractivity contribution in [2.75, 3.05) is 0 Å². The number of carbonyl (C=O) groups excluding carboxylic acids is 1. The van der Waals surface area contributed by atoms with Gasteiger partial charge >= 0.3 is 0 Å². The molecular formula is C15H12BrClN2O2. The van der Waals surface area contributed by atoms with Crippen molar-refractivity contribution in [3.8, 4) is 5.75 Å². The van der Waals surface area contributed by atoms with Crippen molar-refractivity contribution in [1.82, 2.24) is 5.43 Å². The summed E-state index contributed by atoms with van der Waals surface area (Å²) in [6.45, 7) is 1.85. The number of amides is 1. The molecule has 0 aliphatic heterocycles. The predicted octanol–water partition coefficient (Wildman–Crippen LogP) is 3.88. The number of hydrogen-bond donors (Lipinski definition) is 2. The Morgan fingerprint density at radius 3 is 2.81 bits per heavy atom. The molecule has 2 rings (SSSR count). The van der Waals surface area contributed by atoms with Gasteiger partial charge in [-0.05, 0) is 46.6 Å². The molecule has 0 bridgehead atoms. The van der Waals surface area contributed by atoms with E-state index >= 15 is 0 Å². The number of rotatable bonds is 3. The number of hydrogen-bond acceptors (Lipinski definition) is 3. The van der Waals surface area contributed by atoms with Gasteiger partial charge in [0.05, 0.1) is 10.7 Å². The van der Waals surface area contributed by atoms with Gasteiger partial charge in [0.25, 0.3) is 5.91 Å². The number of phenols is 1. The highest BCUT2D eigenvalue weighted by Gasteiger charge is 2.08. The summed E-state index contributed by atoms with van der Waals surface area (Å²) in [6, 6.07) is 10.3. The van der Waals surface area contributed by atoms with Gasteiger partial charge in [-0.3, -0.25) is 4.79 Å². The van der Waals surface area contributed by atoms with Crippen LogP contribution in [0.1, 0.15) is 21.5 Å². The molecule has 0 saturated carbocycles. The van der Waals surface area contributed by atoms with Gasteiger partial charge in [-0.25, -0.2) is 5.43 Å². The molecule has 0 saturated heterocycles. The Morgan fingerprint density at radius 1 is 1.38 bits per heavy atom. The van der Waals surface area contributed by atoms with Crippen LogP contribution in [0.4, 0.5) is 0 Å². The fourth-order valence-corrected chi connectivity index (χ4v) is 2.57. The molecule has 2 aromatic carbocycles. The summed E-state index contributed by atoms with van der Waals surface area (Å²) in [5.74, 6) is -0.307. The Hall–Kier alpha value is -1.85. The maximum atomic E-state index is 12.0. The predicted molar refractivity (Wildman–Crippen MR) is 87.1 cm³/mol. The lowest BCUT2D eigenvalue weighted by Gasteiger charge is -2.04. The van der Waals surface area contributed by atoms with Gasteiger partial charge in [0.1, 0.15) is 5.75 Å². The van der Waals surface area contributed by atoms with Gasteiger partial charge in [-0.15, -0.1) is 0 Å². The van der Waals surface area contributed by atoms with Gasteiger partial charge in [0.15, 0.2) is 0 Å². The second-order valence-corrected chi connectivity index (χ2v) is 5.63. The van der Waals surface area contributed by atoms with E-state index in [4.69, 9.17) is 11.6 Å². The van der Waals surface area contributed by atoms with E-state index in [0.717, 1.165) is 5.56 Å². The molecule has 0 aromatic heterocycles. The zero-order valence-corrected chi connectivity index (χ0v) is 13.4. The van der Waals surface area contributed by atoms with E-state index < -0.39 is 0 Å². The molecular weight excluding hydrogens is 356 g/mol. The Labute approximate surface area is 135 Å². The SMILES string of the molecule is Cc1ccccc1C(=O)N/N=C/c1cc(Cl)cc(Br)c1O. The normalized spacial score (nSPS) is 10.8. The van der Waals surface area contributed by atoms with E-state index in [9.17, 15) is 9.90 Å². The molecule has 0 aliphatic rings. The lowest BCUT2D eigenvalue weighted by molar-refractivity contribution is 0.0954. The first kappa shape index (κ1) is 15.5. The maximum Gasteiger partial charge on any atom is 0.271 e. The van der Waals surface area contributed by atoms with Crippen LogP contribution in [0.5, 0.6) is 5.75 Å². The van der Waals surface area contributed by atoms with Crippen LogP contribution in [-0.2, 0) is 0 Å². The second-order valence-electron chi connectivity index (χ2n) is 4.34. The molecule has 0 spiro atoms. The van der Waals surface area contributed by atoms with Crippen LogP contribution in [0.3, 0.4) is 0 Å². The van der Waals surface area contributed by atoms with Crippen molar-refractivity contribution in [3.63, 3.8) is 0 Å². The third-order valence-electron chi connectivity index (χ3n) is 2.82. The quantitative estimate of drug-likeness (QED) is 0.639. The summed E-state index contributed by atoms with van der Waals surface area (Å²) >= 11 is 9.07. The van der Waals surface area contributed by atoms with E-state index in [2.05, 4.69) is 26.5 Å². The van der Waals surface area contributed by atoms with Crippen LogP contribution >= 0.6 is 27.5 Å². The summed E-state index contributed by atoms with van der Waals surface area (Å²) in [7, 11) is 0. The van der Waals surface area contributed by atoms with Crippen LogP contribution in [0, 0.1) is 6.92 Å². The average Bonchev–Trinajstić information content (AvgIpc) is 2.44. The van der Waals surface area contributed by atoms with Crippen molar-refractivity contribution in [2.45, 2.75) is 6.92 Å². The molecule has 0 fully saturated rings. The first-order chi connectivity index (χ1) is 9.99. The number of phenolic OH excluding ortho intramolecular Hbond substituents is 1. The molecule has 0 atom stereocenters. The number of aryl methyl sites for hydroxylation is 1. The number of nitrogens with zero attached hydrogens (tertiary/aromatic N) is 1. The minimum atomic E-state index is -0.315. The fraction of sp³-hybridized carbons (Fsp3) is 0.0667. The Kier molecular flexibility index (Phi) is 4.98. The summed E-state index contributed by atoms with van der Waals surface area (Å²) in [6.07, 6.45) is 1.34. The zero-order chi connectivity index (χ0) is 15.4. The second kappa shape index (κ2) is 6.74. The van der Waals surface area contributed by atoms with Crippen LogP contribution < -0.4 is 5.43 Å². The number of aromatic hydroxyl groups is 1.